The highest BCUT2D eigenvalue weighted by Crippen LogP contribution is 2.24. The molecule has 154 valence electrons. The molecule has 0 unspecified atom stereocenters. The van der Waals surface area contributed by atoms with Crippen LogP contribution in [0.5, 0.6) is 5.75 Å². The van der Waals surface area contributed by atoms with Crippen LogP contribution < -0.4 is 26.4 Å². The summed E-state index contributed by atoms with van der Waals surface area (Å²) in [6.07, 6.45) is -0.0192. The Bertz CT molecular complexity index is 1060. The molecule has 2 amide bonds. The number of methoxy groups -OCH3 is 1. The molecule has 0 fully saturated rings. The van der Waals surface area contributed by atoms with Crippen molar-refractivity contribution in [3.8, 4) is 5.75 Å². The van der Waals surface area contributed by atoms with E-state index in [2.05, 4.69) is 25.9 Å². The lowest BCUT2D eigenvalue weighted by molar-refractivity contribution is 0.0951. The lowest BCUT2D eigenvalue weighted by Crippen LogP contribution is -2.22. The Morgan fingerprint density at radius 3 is 2.47 bits per heavy atom. The summed E-state index contributed by atoms with van der Waals surface area (Å²) >= 11 is 0. The molecule has 2 aromatic carbocycles. The van der Waals surface area contributed by atoms with Crippen molar-refractivity contribution < 1.29 is 19.4 Å². The fourth-order valence-corrected chi connectivity index (χ4v) is 2.59. The molecule has 10 nitrogen and oxygen atoms in total. The van der Waals surface area contributed by atoms with Crippen LogP contribution in [-0.4, -0.2) is 34.2 Å². The average Bonchev–Trinajstić information content (AvgIpc) is 2.73. The Balaban J connectivity index is 1.64. The Hall–Kier alpha value is -4.34. The zero-order valence-electron chi connectivity index (χ0n) is 16.0. The molecule has 0 aliphatic carbocycles. The number of ether oxygens (including phenoxy) is 1. The zero-order valence-corrected chi connectivity index (χ0v) is 16.0. The molecule has 0 saturated carbocycles. The molecule has 0 saturated heterocycles. The number of carbonyl (C=O) groups excluding carboxylic acids is 1. The number of amides is 2. The summed E-state index contributed by atoms with van der Waals surface area (Å²) in [7, 11) is 1.59. The van der Waals surface area contributed by atoms with Gasteiger partial charge < -0.3 is 26.2 Å². The predicted molar refractivity (Wildman–Crippen MR) is 112 cm³/mol. The van der Waals surface area contributed by atoms with E-state index in [-0.39, 0.29) is 11.7 Å². The van der Waals surface area contributed by atoms with Crippen LogP contribution in [0.25, 0.3) is 0 Å². The molecule has 0 aliphatic rings. The van der Waals surface area contributed by atoms with E-state index in [0.717, 1.165) is 11.3 Å². The van der Waals surface area contributed by atoms with Crippen LogP contribution >= 0.6 is 0 Å². The molecule has 0 spiro atoms. The number of hydrogen-bond acceptors (Lipinski definition) is 7. The van der Waals surface area contributed by atoms with Gasteiger partial charge in [0, 0.05) is 18.2 Å². The van der Waals surface area contributed by atoms with Crippen LogP contribution in [0, 0.1) is 0 Å². The fraction of sp³-hybridized carbons (Fsp3) is 0.100. The molecule has 3 aromatic rings. The lowest BCUT2D eigenvalue weighted by atomic mass is 10.1. The van der Waals surface area contributed by atoms with Crippen LogP contribution in [0.1, 0.15) is 15.9 Å². The van der Waals surface area contributed by atoms with E-state index < -0.39 is 6.09 Å². The molecule has 0 bridgehead atoms. The number of rotatable bonds is 7. The number of carboxylic acid groups (broad SMARTS) is 1. The van der Waals surface area contributed by atoms with Gasteiger partial charge in [-0.05, 0) is 35.9 Å². The zero-order chi connectivity index (χ0) is 21.5. The predicted octanol–water partition coefficient (Wildman–Crippen LogP) is 2.83. The third-order valence-electron chi connectivity index (χ3n) is 4.09. The van der Waals surface area contributed by atoms with Gasteiger partial charge in [0.1, 0.15) is 23.7 Å². The molecule has 0 aliphatic heterocycles. The largest absolute Gasteiger partial charge is 0.497 e. The summed E-state index contributed by atoms with van der Waals surface area (Å²) in [5.41, 5.74) is 8.24. The van der Waals surface area contributed by atoms with Crippen molar-refractivity contribution >= 4 is 35.0 Å². The molecular formula is C20H20N6O4. The van der Waals surface area contributed by atoms with Gasteiger partial charge in [0.15, 0.2) is 0 Å². The van der Waals surface area contributed by atoms with Gasteiger partial charge >= 0.3 is 6.09 Å². The smallest absolute Gasteiger partial charge is 0.410 e. The Kier molecular flexibility index (Phi) is 6.28. The number of anilines is 4. The number of carbonyl (C=O) groups is 2. The van der Waals surface area contributed by atoms with E-state index in [1.54, 1.807) is 25.3 Å². The summed E-state index contributed by atoms with van der Waals surface area (Å²) in [5.74, 6) is 0.944. The molecule has 10 heteroatoms. The van der Waals surface area contributed by atoms with Gasteiger partial charge in [-0.3, -0.25) is 10.1 Å². The summed E-state index contributed by atoms with van der Waals surface area (Å²) < 4.78 is 5.11. The number of nitrogens with zero attached hydrogens (tertiary/aromatic N) is 2. The maximum atomic E-state index is 12.4. The van der Waals surface area contributed by atoms with Gasteiger partial charge in [-0.25, -0.2) is 14.8 Å². The van der Waals surface area contributed by atoms with E-state index in [1.165, 1.54) is 12.4 Å². The minimum atomic E-state index is -1.23. The molecule has 6 N–H and O–H groups in total. The van der Waals surface area contributed by atoms with Crippen molar-refractivity contribution in [3.63, 3.8) is 0 Å². The highest BCUT2D eigenvalue weighted by Gasteiger charge is 2.10. The molecule has 30 heavy (non-hydrogen) atoms. The van der Waals surface area contributed by atoms with E-state index >= 15 is 0 Å². The first-order chi connectivity index (χ1) is 14.4. The van der Waals surface area contributed by atoms with Gasteiger partial charge in [0.2, 0.25) is 0 Å². The summed E-state index contributed by atoms with van der Waals surface area (Å²) in [6, 6.07) is 13.6. The first-order valence-electron chi connectivity index (χ1n) is 8.84. The minimum absolute atomic E-state index is 0.119. The number of hydrogen-bond donors (Lipinski definition) is 5. The SMILES string of the molecule is COc1ccc(CNC(=O)c2ccc(Nc3cc(NC(=O)O)ncn3)c(N)c2)cc1. The lowest BCUT2D eigenvalue weighted by Gasteiger charge is -2.11. The van der Waals surface area contributed by atoms with E-state index in [1.807, 2.05) is 24.3 Å². The highest BCUT2D eigenvalue weighted by molar-refractivity contribution is 5.96. The first kappa shape index (κ1) is 20.4. The maximum Gasteiger partial charge on any atom is 0.410 e. The van der Waals surface area contributed by atoms with Crippen molar-refractivity contribution in [1.82, 2.24) is 15.3 Å². The van der Waals surface area contributed by atoms with Crippen LogP contribution in [0.4, 0.5) is 27.8 Å². The third kappa shape index (κ3) is 5.35. The molecule has 1 aromatic heterocycles. The molecule has 0 atom stereocenters. The Morgan fingerprint density at radius 2 is 1.80 bits per heavy atom. The fourth-order valence-electron chi connectivity index (χ4n) is 2.59. The molecule has 0 radical (unpaired) electrons. The van der Waals surface area contributed by atoms with Gasteiger partial charge in [-0.15, -0.1) is 0 Å². The summed E-state index contributed by atoms with van der Waals surface area (Å²) in [6.45, 7) is 0.364. The normalized spacial score (nSPS) is 10.2. The second-order valence-electron chi connectivity index (χ2n) is 6.18. The highest BCUT2D eigenvalue weighted by atomic mass is 16.5. The van der Waals surface area contributed by atoms with Gasteiger partial charge in [0.05, 0.1) is 18.5 Å². The second kappa shape index (κ2) is 9.24. The number of nitrogens with two attached hydrogens (primary N) is 1. The number of aromatic nitrogens is 2. The van der Waals surface area contributed by atoms with Crippen molar-refractivity contribution in [2.45, 2.75) is 6.54 Å². The van der Waals surface area contributed by atoms with Crippen molar-refractivity contribution in [1.29, 1.82) is 0 Å². The number of nitrogens with one attached hydrogen (secondary N) is 3. The van der Waals surface area contributed by atoms with Gasteiger partial charge in [-0.1, -0.05) is 12.1 Å². The Labute approximate surface area is 172 Å². The van der Waals surface area contributed by atoms with E-state index in [4.69, 9.17) is 15.6 Å². The quantitative estimate of drug-likeness (QED) is 0.374. The average molecular weight is 408 g/mol. The monoisotopic (exact) mass is 408 g/mol. The van der Waals surface area contributed by atoms with E-state index in [9.17, 15) is 9.59 Å². The summed E-state index contributed by atoms with van der Waals surface area (Å²) in [5, 5.41) is 16.7. The van der Waals surface area contributed by atoms with Crippen molar-refractivity contribution in [2.24, 2.45) is 0 Å². The Morgan fingerprint density at radius 1 is 1.07 bits per heavy atom. The third-order valence-corrected chi connectivity index (χ3v) is 4.09. The van der Waals surface area contributed by atoms with Crippen LogP contribution in [-0.2, 0) is 6.54 Å². The van der Waals surface area contributed by atoms with Gasteiger partial charge in [-0.2, -0.15) is 0 Å². The van der Waals surface area contributed by atoms with Gasteiger partial charge in [0.25, 0.3) is 5.91 Å². The van der Waals surface area contributed by atoms with E-state index in [0.29, 0.717) is 29.3 Å². The molecule has 3 rings (SSSR count). The summed E-state index contributed by atoms with van der Waals surface area (Å²) in [4.78, 5) is 30.9. The maximum absolute atomic E-state index is 12.4. The van der Waals surface area contributed by atoms with Crippen molar-refractivity contribution in [3.05, 3.63) is 66.0 Å². The number of benzene rings is 2. The van der Waals surface area contributed by atoms with Crippen LogP contribution in [0.15, 0.2) is 54.9 Å². The number of nitrogen functional groups attached to an aromatic ring is 1. The standard InChI is InChI=1S/C20H20N6O4/c1-30-14-5-2-12(3-6-14)10-22-19(27)13-4-7-16(15(21)8-13)25-17-9-18(24-11-23-17)26-20(28)29/h2-9,11H,10,21H2,1H3,(H,22,27)(H,28,29)(H2,23,24,25,26). The molecule has 1 heterocycles. The molecular weight excluding hydrogens is 388 g/mol. The van der Waals surface area contributed by atoms with Crippen molar-refractivity contribution in [2.75, 3.05) is 23.5 Å². The van der Waals surface area contributed by atoms with Crippen LogP contribution in [0.2, 0.25) is 0 Å². The minimum Gasteiger partial charge on any atom is -0.497 e. The van der Waals surface area contributed by atoms with Crippen LogP contribution in [0.3, 0.4) is 0 Å². The topological polar surface area (TPSA) is 151 Å². The first-order valence-corrected chi connectivity index (χ1v) is 8.84. The second-order valence-corrected chi connectivity index (χ2v) is 6.18.